The monoisotopic (exact) mass is 526 g/mol. The molecule has 3 aromatic heterocycles. The first kappa shape index (κ1) is 25.8. The van der Waals surface area contributed by atoms with Gasteiger partial charge in [0, 0.05) is 47.9 Å². The number of aromatic nitrogens is 4. The Morgan fingerprint density at radius 3 is 2.72 bits per heavy atom. The summed E-state index contributed by atoms with van der Waals surface area (Å²) in [6.07, 6.45) is 8.09. The van der Waals surface area contributed by atoms with Gasteiger partial charge in [-0.1, -0.05) is 24.3 Å². The van der Waals surface area contributed by atoms with Gasteiger partial charge in [-0.2, -0.15) is 5.10 Å². The first-order chi connectivity index (χ1) is 18.9. The van der Waals surface area contributed by atoms with Crippen molar-refractivity contribution in [2.45, 2.75) is 19.5 Å². The highest BCUT2D eigenvalue weighted by atomic mass is 19.1. The van der Waals surface area contributed by atoms with Crippen molar-refractivity contribution in [3.8, 4) is 11.1 Å². The van der Waals surface area contributed by atoms with Gasteiger partial charge in [0.1, 0.15) is 17.2 Å². The first-order valence-corrected chi connectivity index (χ1v) is 12.4. The lowest BCUT2D eigenvalue weighted by Crippen LogP contribution is -2.26. The number of likely N-dealkylation sites (N-methyl/N-ethyl adjacent to an activating group) is 1. The molecule has 9 nitrogen and oxygen atoms in total. The van der Waals surface area contributed by atoms with Gasteiger partial charge in [-0.25, -0.2) is 9.37 Å². The van der Waals surface area contributed by atoms with Crippen LogP contribution in [0, 0.1) is 5.82 Å². The topological polar surface area (TPSA) is 105 Å². The Morgan fingerprint density at radius 1 is 1.08 bits per heavy atom. The number of carbonyl (C=O) groups is 2. The zero-order chi connectivity index (χ0) is 27.4. The van der Waals surface area contributed by atoms with Crippen LogP contribution in [0.15, 0.2) is 79.4 Å². The Bertz CT molecular complexity index is 1640. The largest absolute Gasteiger partial charge is 0.483 e. The van der Waals surface area contributed by atoms with E-state index in [9.17, 15) is 9.18 Å². The van der Waals surface area contributed by atoms with Crippen molar-refractivity contribution in [1.82, 2.24) is 24.1 Å². The van der Waals surface area contributed by atoms with Crippen LogP contribution in [-0.2, 0) is 24.3 Å². The molecule has 39 heavy (non-hydrogen) atoms. The molecule has 0 atom stereocenters. The quantitative estimate of drug-likeness (QED) is 0.331. The molecule has 2 aromatic carbocycles. The van der Waals surface area contributed by atoms with E-state index in [2.05, 4.69) is 39.5 Å². The average Bonchev–Trinajstić information content (AvgIpc) is 3.57. The van der Waals surface area contributed by atoms with Gasteiger partial charge < -0.3 is 15.3 Å². The molecular weight excluding hydrogens is 499 g/mol. The number of halogens is 1. The standard InChI is InChI=1S/C28H25FN6O.CH2O2/c1-33-11-10-19-6-8-24(12-22(19)15-33)32-28(36)26-14-30-27-9-7-20(18-35(26)27)23-13-31-34(17-23)16-21-4-2-3-5-25(21)29;2-1-3/h2-9,12-14,17-18H,10-11,15-16H2,1H3,(H,32,36);1H,(H,2,3). The average molecular weight is 527 g/mol. The Kier molecular flexibility index (Phi) is 7.46. The van der Waals surface area contributed by atoms with Crippen molar-refractivity contribution < 1.29 is 19.1 Å². The lowest BCUT2D eigenvalue weighted by molar-refractivity contribution is -0.122. The summed E-state index contributed by atoms with van der Waals surface area (Å²) in [5.74, 6) is -0.477. The Morgan fingerprint density at radius 2 is 1.90 bits per heavy atom. The van der Waals surface area contributed by atoms with Crippen LogP contribution in [0.1, 0.15) is 27.2 Å². The maximum atomic E-state index is 14.0. The van der Waals surface area contributed by atoms with Crippen LogP contribution in [0.5, 0.6) is 0 Å². The molecule has 6 rings (SSSR count). The second-order valence-electron chi connectivity index (χ2n) is 9.34. The number of carbonyl (C=O) groups excluding carboxylic acids is 1. The van der Waals surface area contributed by atoms with E-state index in [1.165, 1.54) is 17.2 Å². The first-order valence-electron chi connectivity index (χ1n) is 12.4. The third-order valence-corrected chi connectivity index (χ3v) is 6.66. The summed E-state index contributed by atoms with van der Waals surface area (Å²) in [6.45, 7) is 2.01. The number of benzene rings is 2. The third kappa shape index (κ3) is 5.70. The minimum absolute atomic E-state index is 0.223. The van der Waals surface area contributed by atoms with Crippen molar-refractivity contribution in [1.29, 1.82) is 0 Å². The summed E-state index contributed by atoms with van der Waals surface area (Å²) in [7, 11) is 2.11. The molecule has 2 N–H and O–H groups in total. The molecule has 1 amide bonds. The van der Waals surface area contributed by atoms with Gasteiger partial charge in [0.25, 0.3) is 12.4 Å². The number of nitrogens with one attached hydrogen (secondary N) is 1. The van der Waals surface area contributed by atoms with Gasteiger partial charge in [-0.15, -0.1) is 0 Å². The predicted molar refractivity (Wildman–Crippen MR) is 145 cm³/mol. The summed E-state index contributed by atoms with van der Waals surface area (Å²) in [4.78, 5) is 28.2. The van der Waals surface area contributed by atoms with E-state index in [0.29, 0.717) is 23.4 Å². The van der Waals surface area contributed by atoms with Gasteiger partial charge in [0.2, 0.25) is 0 Å². The number of nitrogens with zero attached hydrogens (tertiary/aromatic N) is 5. The van der Waals surface area contributed by atoms with Crippen LogP contribution >= 0.6 is 0 Å². The summed E-state index contributed by atoms with van der Waals surface area (Å²) in [5.41, 5.74) is 6.79. The zero-order valence-electron chi connectivity index (χ0n) is 21.3. The molecule has 0 fully saturated rings. The SMILES string of the molecule is CN1CCc2ccc(NC(=O)c3cnc4ccc(-c5cnn(Cc6ccccc6F)c5)cn34)cc2C1.O=CO. The minimum atomic E-state index is -0.254. The summed E-state index contributed by atoms with van der Waals surface area (Å²) in [5, 5.41) is 14.3. The minimum Gasteiger partial charge on any atom is -0.483 e. The maximum Gasteiger partial charge on any atom is 0.290 e. The highest BCUT2D eigenvalue weighted by molar-refractivity contribution is 6.03. The molecule has 0 spiro atoms. The second-order valence-corrected chi connectivity index (χ2v) is 9.34. The molecule has 10 heteroatoms. The Balaban J connectivity index is 0.000000983. The van der Waals surface area contributed by atoms with Gasteiger partial charge in [-0.05, 0) is 54.9 Å². The molecule has 0 saturated heterocycles. The van der Waals surface area contributed by atoms with E-state index >= 15 is 0 Å². The number of pyridine rings is 1. The number of imidazole rings is 1. The van der Waals surface area contributed by atoms with E-state index in [1.54, 1.807) is 33.6 Å². The van der Waals surface area contributed by atoms with Crippen LogP contribution in [0.2, 0.25) is 0 Å². The van der Waals surface area contributed by atoms with E-state index in [1.807, 2.05) is 36.7 Å². The molecule has 1 aliphatic rings. The molecule has 1 aliphatic heterocycles. The predicted octanol–water partition coefficient (Wildman–Crippen LogP) is 4.33. The molecule has 198 valence electrons. The Hall–Kier alpha value is -4.83. The van der Waals surface area contributed by atoms with Crippen molar-refractivity contribution in [3.05, 3.63) is 108 Å². The van der Waals surface area contributed by atoms with Crippen molar-refractivity contribution in [3.63, 3.8) is 0 Å². The highest BCUT2D eigenvalue weighted by Crippen LogP contribution is 2.24. The molecular formula is C29H27FN6O3. The fourth-order valence-corrected chi connectivity index (χ4v) is 4.69. The van der Waals surface area contributed by atoms with Crippen LogP contribution in [0.3, 0.4) is 0 Å². The van der Waals surface area contributed by atoms with Crippen LogP contribution in [0.25, 0.3) is 16.8 Å². The van der Waals surface area contributed by atoms with Crippen molar-refractivity contribution >= 4 is 23.7 Å². The number of hydrogen-bond donors (Lipinski definition) is 2. The molecule has 5 aromatic rings. The van der Waals surface area contributed by atoms with E-state index in [0.717, 1.165) is 36.3 Å². The number of fused-ring (bicyclic) bond motifs is 2. The number of hydrogen-bond acceptors (Lipinski definition) is 5. The molecule has 0 bridgehead atoms. The number of carboxylic acid groups (broad SMARTS) is 1. The summed E-state index contributed by atoms with van der Waals surface area (Å²) >= 11 is 0. The third-order valence-electron chi connectivity index (χ3n) is 6.66. The van der Waals surface area contributed by atoms with Crippen LogP contribution in [-0.4, -0.2) is 55.1 Å². The second kappa shape index (κ2) is 11.3. The number of anilines is 1. The molecule has 0 aliphatic carbocycles. The van der Waals surface area contributed by atoms with Crippen LogP contribution in [0.4, 0.5) is 10.1 Å². The lowest BCUT2D eigenvalue weighted by Gasteiger charge is -2.25. The number of rotatable bonds is 5. The lowest BCUT2D eigenvalue weighted by atomic mass is 9.99. The highest BCUT2D eigenvalue weighted by Gasteiger charge is 2.17. The molecule has 0 unspecified atom stereocenters. The van der Waals surface area contributed by atoms with E-state index in [-0.39, 0.29) is 18.2 Å². The van der Waals surface area contributed by atoms with Gasteiger partial charge in [-0.3, -0.25) is 18.7 Å². The van der Waals surface area contributed by atoms with Gasteiger partial charge in [0.15, 0.2) is 0 Å². The van der Waals surface area contributed by atoms with Crippen LogP contribution < -0.4 is 5.32 Å². The summed E-state index contributed by atoms with van der Waals surface area (Å²) in [6, 6.07) is 16.6. The smallest absolute Gasteiger partial charge is 0.290 e. The van der Waals surface area contributed by atoms with Crippen molar-refractivity contribution in [2.75, 3.05) is 18.9 Å². The fourth-order valence-electron chi connectivity index (χ4n) is 4.69. The van der Waals surface area contributed by atoms with Gasteiger partial charge >= 0.3 is 0 Å². The molecule has 0 radical (unpaired) electrons. The molecule has 0 saturated carbocycles. The number of amides is 1. The summed E-state index contributed by atoms with van der Waals surface area (Å²) < 4.78 is 17.5. The van der Waals surface area contributed by atoms with E-state index in [4.69, 9.17) is 9.90 Å². The zero-order valence-corrected chi connectivity index (χ0v) is 21.3. The fraction of sp³-hybridized carbons (Fsp3) is 0.172. The van der Waals surface area contributed by atoms with Crippen molar-refractivity contribution in [2.24, 2.45) is 0 Å². The maximum absolute atomic E-state index is 14.0. The Labute approximate surface area is 224 Å². The molecule has 4 heterocycles. The van der Waals surface area contributed by atoms with Gasteiger partial charge in [0.05, 0.1) is 18.9 Å². The normalized spacial score (nSPS) is 12.9. The van der Waals surface area contributed by atoms with E-state index < -0.39 is 0 Å².